The summed E-state index contributed by atoms with van der Waals surface area (Å²) in [4.78, 5) is 50.0. The third-order valence-corrected chi connectivity index (χ3v) is 5.79. The van der Waals surface area contributed by atoms with Crippen molar-refractivity contribution in [3.8, 4) is 0 Å². The fraction of sp³-hybridized carbons (Fsp3) is 0.304. The minimum atomic E-state index is -1.26. The van der Waals surface area contributed by atoms with Crippen LogP contribution >= 0.6 is 0 Å². The van der Waals surface area contributed by atoms with Gasteiger partial charge >= 0.3 is 12.0 Å². The molecule has 4 rings (SSSR count). The zero-order valence-electron chi connectivity index (χ0n) is 17.1. The molecule has 4 amide bonds. The van der Waals surface area contributed by atoms with Crippen molar-refractivity contribution in [3.05, 3.63) is 70.8 Å². The Bertz CT molecular complexity index is 1050. The Kier molecular flexibility index (Phi) is 5.46. The number of hydrogen-bond acceptors (Lipinski definition) is 5. The Labute approximate surface area is 179 Å². The number of rotatable bonds is 6. The topological polar surface area (TPSA) is 105 Å². The van der Waals surface area contributed by atoms with Gasteiger partial charge in [0, 0.05) is 0 Å². The van der Waals surface area contributed by atoms with Crippen LogP contribution in [0.4, 0.5) is 4.79 Å². The maximum Gasteiger partial charge on any atom is 0.344 e. The van der Waals surface area contributed by atoms with Crippen molar-refractivity contribution in [2.45, 2.75) is 38.1 Å². The van der Waals surface area contributed by atoms with E-state index in [-0.39, 0.29) is 0 Å². The van der Waals surface area contributed by atoms with Gasteiger partial charge in [0.05, 0.1) is 5.56 Å². The molecule has 2 aromatic rings. The van der Waals surface area contributed by atoms with E-state index in [2.05, 4.69) is 10.7 Å². The molecule has 0 radical (unpaired) electrons. The number of benzene rings is 2. The summed E-state index contributed by atoms with van der Waals surface area (Å²) in [5.41, 5.74) is 4.33. The largest absolute Gasteiger partial charge is 0.452 e. The van der Waals surface area contributed by atoms with Crippen molar-refractivity contribution in [2.75, 3.05) is 6.61 Å². The van der Waals surface area contributed by atoms with Gasteiger partial charge in [0.2, 0.25) is 0 Å². The van der Waals surface area contributed by atoms with Gasteiger partial charge in [-0.15, -0.1) is 0 Å². The second-order valence-electron chi connectivity index (χ2n) is 7.64. The Hall–Kier alpha value is -3.68. The predicted octanol–water partition coefficient (Wildman–Crippen LogP) is 2.22. The Morgan fingerprint density at radius 3 is 2.58 bits per heavy atom. The molecule has 8 heteroatoms. The van der Waals surface area contributed by atoms with E-state index in [9.17, 15) is 19.2 Å². The minimum absolute atomic E-state index is 0.307. The molecule has 0 bridgehead atoms. The summed E-state index contributed by atoms with van der Waals surface area (Å²) < 4.78 is 5.07. The van der Waals surface area contributed by atoms with Gasteiger partial charge in [-0.3, -0.25) is 15.0 Å². The van der Waals surface area contributed by atoms with Gasteiger partial charge in [-0.1, -0.05) is 43.3 Å². The number of hydrogen-bond donors (Lipinski definition) is 2. The molecule has 0 aromatic heterocycles. The summed E-state index contributed by atoms with van der Waals surface area (Å²) in [6.07, 6.45) is 3.29. The predicted molar refractivity (Wildman–Crippen MR) is 111 cm³/mol. The van der Waals surface area contributed by atoms with Gasteiger partial charge in [0.15, 0.2) is 6.61 Å². The molecule has 2 N–H and O–H groups in total. The van der Waals surface area contributed by atoms with Crippen LogP contribution in [0.15, 0.2) is 48.5 Å². The molecular formula is C23H23N3O5. The van der Waals surface area contributed by atoms with Crippen LogP contribution in [0.5, 0.6) is 0 Å². The number of nitrogens with one attached hydrogen (secondary N) is 2. The summed E-state index contributed by atoms with van der Waals surface area (Å²) in [5.74, 6) is -2.00. The molecule has 1 fully saturated rings. The van der Waals surface area contributed by atoms with Gasteiger partial charge in [0.25, 0.3) is 11.8 Å². The summed E-state index contributed by atoms with van der Waals surface area (Å²) in [6, 6.07) is 13.5. The van der Waals surface area contributed by atoms with Crippen molar-refractivity contribution in [3.63, 3.8) is 0 Å². The average molecular weight is 421 g/mol. The highest BCUT2D eigenvalue weighted by atomic mass is 16.5. The quantitative estimate of drug-likeness (QED) is 0.550. The van der Waals surface area contributed by atoms with Crippen LogP contribution in [0.3, 0.4) is 0 Å². The van der Waals surface area contributed by atoms with E-state index in [1.165, 1.54) is 5.56 Å². The zero-order chi connectivity index (χ0) is 22.0. The first-order valence-corrected chi connectivity index (χ1v) is 10.3. The molecule has 2 aromatic carbocycles. The molecule has 1 saturated heterocycles. The Morgan fingerprint density at radius 2 is 1.84 bits per heavy atom. The summed E-state index contributed by atoms with van der Waals surface area (Å²) >= 11 is 0. The number of ether oxygens (including phenoxy) is 1. The first-order valence-electron chi connectivity index (χ1n) is 10.3. The van der Waals surface area contributed by atoms with Crippen molar-refractivity contribution in [1.29, 1.82) is 0 Å². The van der Waals surface area contributed by atoms with Crippen LogP contribution in [0, 0.1) is 0 Å². The number of esters is 1. The minimum Gasteiger partial charge on any atom is -0.452 e. The van der Waals surface area contributed by atoms with Crippen LogP contribution in [0.25, 0.3) is 0 Å². The lowest BCUT2D eigenvalue weighted by atomic mass is 9.87. The van der Waals surface area contributed by atoms with E-state index in [0.717, 1.165) is 24.8 Å². The van der Waals surface area contributed by atoms with Gasteiger partial charge in [0.1, 0.15) is 5.54 Å². The third kappa shape index (κ3) is 3.76. The summed E-state index contributed by atoms with van der Waals surface area (Å²) in [5, 5.41) is 3.31. The smallest absolute Gasteiger partial charge is 0.344 e. The molecule has 0 spiro atoms. The molecule has 160 valence electrons. The van der Waals surface area contributed by atoms with Gasteiger partial charge in [-0.2, -0.15) is 5.01 Å². The van der Waals surface area contributed by atoms with E-state index < -0.39 is 36.0 Å². The molecular weight excluding hydrogens is 398 g/mol. The standard InChI is InChI=1S/C23H23N3O5/c1-2-23(18-9-4-3-5-10-18)21(29)26(22(30)24-23)25-19(27)14-31-20(28)17-12-11-15-7-6-8-16(15)13-17/h3-5,9-13H,2,6-8,14H2,1H3,(H,24,30)(H,25,27)/t23-/m1/s1. The van der Waals surface area contributed by atoms with Gasteiger partial charge in [-0.05, 0) is 54.5 Å². The second-order valence-corrected chi connectivity index (χ2v) is 7.64. The molecule has 1 aliphatic heterocycles. The summed E-state index contributed by atoms with van der Waals surface area (Å²) in [7, 11) is 0. The number of nitrogens with zero attached hydrogens (tertiary/aromatic N) is 1. The number of imide groups is 1. The van der Waals surface area contributed by atoms with E-state index in [0.29, 0.717) is 22.6 Å². The lowest BCUT2D eigenvalue weighted by Crippen LogP contribution is -2.49. The van der Waals surface area contributed by atoms with Crippen molar-refractivity contribution in [1.82, 2.24) is 15.8 Å². The van der Waals surface area contributed by atoms with Crippen molar-refractivity contribution < 1.29 is 23.9 Å². The SMILES string of the molecule is CC[C@]1(c2ccccc2)NC(=O)N(NC(=O)COC(=O)c2ccc3c(c2)CCC3)C1=O. The van der Waals surface area contributed by atoms with E-state index >= 15 is 0 Å². The van der Waals surface area contributed by atoms with Gasteiger partial charge in [-0.25, -0.2) is 9.59 Å². The molecule has 8 nitrogen and oxygen atoms in total. The van der Waals surface area contributed by atoms with Crippen molar-refractivity contribution >= 4 is 23.8 Å². The fourth-order valence-corrected chi connectivity index (χ4v) is 4.11. The highest BCUT2D eigenvalue weighted by molar-refractivity contribution is 6.08. The number of urea groups is 1. The fourth-order valence-electron chi connectivity index (χ4n) is 4.11. The van der Waals surface area contributed by atoms with Crippen molar-refractivity contribution in [2.24, 2.45) is 0 Å². The molecule has 0 saturated carbocycles. The zero-order valence-corrected chi connectivity index (χ0v) is 17.1. The average Bonchev–Trinajstić information content (AvgIpc) is 3.36. The van der Waals surface area contributed by atoms with Crippen LogP contribution in [0.1, 0.15) is 46.8 Å². The monoisotopic (exact) mass is 421 g/mol. The second kappa shape index (κ2) is 8.22. The number of carbonyl (C=O) groups is 4. The number of amides is 4. The maximum atomic E-state index is 13.0. The molecule has 0 unspecified atom stereocenters. The molecule has 1 atom stereocenters. The molecule has 31 heavy (non-hydrogen) atoms. The van der Waals surface area contributed by atoms with E-state index in [4.69, 9.17) is 4.74 Å². The highest BCUT2D eigenvalue weighted by Gasteiger charge is 2.52. The number of carbonyl (C=O) groups excluding carboxylic acids is 4. The lowest BCUT2D eigenvalue weighted by molar-refractivity contribution is -0.140. The summed E-state index contributed by atoms with van der Waals surface area (Å²) in [6.45, 7) is 1.16. The van der Waals surface area contributed by atoms with Gasteiger partial charge < -0.3 is 10.1 Å². The first-order chi connectivity index (χ1) is 14.9. The van der Waals surface area contributed by atoms with Crippen LogP contribution in [-0.2, 0) is 32.7 Å². The Balaban J connectivity index is 1.39. The molecule has 1 heterocycles. The lowest BCUT2D eigenvalue weighted by Gasteiger charge is -2.25. The number of fused-ring (bicyclic) bond motifs is 1. The third-order valence-electron chi connectivity index (χ3n) is 5.79. The van der Waals surface area contributed by atoms with E-state index in [1.807, 2.05) is 12.1 Å². The Morgan fingerprint density at radius 1 is 1.10 bits per heavy atom. The number of aryl methyl sites for hydroxylation is 2. The first kappa shape index (κ1) is 20.6. The molecule has 2 aliphatic rings. The van der Waals surface area contributed by atoms with E-state index in [1.54, 1.807) is 43.3 Å². The molecule has 1 aliphatic carbocycles. The van der Waals surface area contributed by atoms with Crippen LogP contribution in [0.2, 0.25) is 0 Å². The maximum absolute atomic E-state index is 13.0. The number of hydrazine groups is 1. The van der Waals surface area contributed by atoms with Crippen LogP contribution in [-0.4, -0.2) is 35.4 Å². The van der Waals surface area contributed by atoms with Crippen LogP contribution < -0.4 is 10.7 Å². The normalized spacial score (nSPS) is 19.7. The highest BCUT2D eigenvalue weighted by Crippen LogP contribution is 2.31.